The van der Waals surface area contributed by atoms with Gasteiger partial charge >= 0.3 is 13.3 Å². The molecule has 8 heteroatoms. The molecule has 1 aromatic rings. The number of hydrogen-bond acceptors (Lipinski definition) is 4. The smallest absolute Gasteiger partial charge is 0.422 e. The minimum Gasteiger partial charge on any atom is -0.422 e. The van der Waals surface area contributed by atoms with Gasteiger partial charge in [0.15, 0.2) is 0 Å². The lowest BCUT2D eigenvalue weighted by Crippen LogP contribution is -2.34. The van der Waals surface area contributed by atoms with E-state index in [2.05, 4.69) is 4.98 Å². The Morgan fingerprint density at radius 2 is 1.86 bits per heavy atom. The summed E-state index contributed by atoms with van der Waals surface area (Å²) >= 11 is 0. The third kappa shape index (κ3) is 2.36. The molecule has 0 aromatic carbocycles. The van der Waals surface area contributed by atoms with Gasteiger partial charge in [-0.05, 0) is 12.1 Å². The van der Waals surface area contributed by atoms with E-state index in [1.165, 1.54) is 0 Å². The number of aromatic nitrogens is 1. The normalized spacial score (nSPS) is 11.5. The van der Waals surface area contributed by atoms with Crippen molar-refractivity contribution in [1.29, 1.82) is 0 Å². The quantitative estimate of drug-likeness (QED) is 0.534. The van der Waals surface area contributed by atoms with Gasteiger partial charge in [-0.1, -0.05) is 0 Å². The van der Waals surface area contributed by atoms with Gasteiger partial charge in [-0.3, -0.25) is 4.98 Å². The largest absolute Gasteiger partial charge is 0.508 e. The fourth-order valence-electron chi connectivity index (χ4n) is 0.851. The van der Waals surface area contributed by atoms with Crippen LogP contribution in [-0.4, -0.2) is 22.2 Å². The first-order valence-corrected chi connectivity index (χ1v) is 3.51. The molecule has 4 N–H and O–H groups in total. The summed E-state index contributed by atoms with van der Waals surface area (Å²) < 4.78 is 36.4. The van der Waals surface area contributed by atoms with E-state index in [-0.39, 0.29) is 5.69 Å². The fraction of sp³-hybridized carbons (Fsp3) is 0.167. The van der Waals surface area contributed by atoms with Crippen LogP contribution in [0.5, 0.6) is 0 Å². The Balaban J connectivity index is 3.21. The molecular formula is C6H6BF3N2O2. The van der Waals surface area contributed by atoms with Crippen LogP contribution in [0.25, 0.3) is 0 Å². The summed E-state index contributed by atoms with van der Waals surface area (Å²) in [6.07, 6.45) is -4.65. The molecule has 0 unspecified atom stereocenters. The van der Waals surface area contributed by atoms with Gasteiger partial charge in [0.1, 0.15) is 5.69 Å². The molecular weight excluding hydrogens is 200 g/mol. The van der Waals surface area contributed by atoms with Crippen LogP contribution < -0.4 is 11.3 Å². The first-order chi connectivity index (χ1) is 6.30. The molecule has 76 valence electrons. The molecule has 0 radical (unpaired) electrons. The Hall–Kier alpha value is -1.28. The molecule has 0 fully saturated rings. The van der Waals surface area contributed by atoms with Crippen molar-refractivity contribution in [2.24, 2.45) is 0 Å². The highest BCUT2D eigenvalue weighted by Gasteiger charge is 2.34. The second kappa shape index (κ2) is 3.47. The van der Waals surface area contributed by atoms with Gasteiger partial charge in [-0.2, -0.15) is 13.2 Å². The molecule has 1 aromatic heterocycles. The van der Waals surface area contributed by atoms with E-state index in [0.29, 0.717) is 6.07 Å². The maximum absolute atomic E-state index is 12.1. The second-order valence-corrected chi connectivity index (χ2v) is 2.58. The maximum atomic E-state index is 12.1. The fourth-order valence-corrected chi connectivity index (χ4v) is 0.851. The first kappa shape index (κ1) is 10.8. The minimum absolute atomic E-state index is 0.226. The van der Waals surface area contributed by atoms with Crippen molar-refractivity contribution >= 4 is 18.4 Å². The maximum Gasteiger partial charge on any atom is 0.508 e. The molecule has 0 amide bonds. The van der Waals surface area contributed by atoms with Crippen LogP contribution in [0.4, 0.5) is 18.9 Å². The predicted molar refractivity (Wildman–Crippen MR) is 43.5 cm³/mol. The Morgan fingerprint density at radius 3 is 2.29 bits per heavy atom. The average Bonchev–Trinajstić information content (AvgIpc) is 2.01. The van der Waals surface area contributed by atoms with Crippen LogP contribution in [0.3, 0.4) is 0 Å². The van der Waals surface area contributed by atoms with Gasteiger partial charge in [-0.25, -0.2) is 0 Å². The van der Waals surface area contributed by atoms with Gasteiger partial charge in [0.25, 0.3) is 0 Å². The summed E-state index contributed by atoms with van der Waals surface area (Å²) in [5.41, 5.74) is 3.13. The van der Waals surface area contributed by atoms with E-state index in [1.54, 1.807) is 0 Å². The molecule has 0 atom stereocenters. The lowest BCUT2D eigenvalue weighted by molar-refractivity contribution is -0.141. The Kier molecular flexibility index (Phi) is 2.67. The number of halogens is 3. The van der Waals surface area contributed by atoms with E-state index in [9.17, 15) is 13.2 Å². The van der Waals surface area contributed by atoms with Crippen molar-refractivity contribution in [2.75, 3.05) is 5.73 Å². The number of pyridine rings is 1. The molecule has 0 aliphatic heterocycles. The number of anilines is 1. The van der Waals surface area contributed by atoms with E-state index in [4.69, 9.17) is 15.8 Å². The van der Waals surface area contributed by atoms with E-state index >= 15 is 0 Å². The molecule has 1 rings (SSSR count). The molecule has 0 saturated heterocycles. The topological polar surface area (TPSA) is 79.4 Å². The molecule has 0 bridgehead atoms. The van der Waals surface area contributed by atoms with E-state index in [1.807, 2.05) is 0 Å². The standard InChI is InChI=1S/C6H6BF3N2O2/c8-6(9,10)4-1-3(11)2-5(12-4)7(13)14/h1-2,13-14H,(H2,11,12). The predicted octanol–water partition coefficient (Wildman–Crippen LogP) is -0.638. The highest BCUT2D eigenvalue weighted by molar-refractivity contribution is 6.57. The third-order valence-corrected chi connectivity index (χ3v) is 1.42. The van der Waals surface area contributed by atoms with Crippen LogP contribution >= 0.6 is 0 Å². The Labute approximate surface area is 77.3 Å². The number of nitrogens with zero attached hydrogens (tertiary/aromatic N) is 1. The highest BCUT2D eigenvalue weighted by Crippen LogP contribution is 2.27. The summed E-state index contributed by atoms with van der Waals surface area (Å²) in [5.74, 6) is 0. The second-order valence-electron chi connectivity index (χ2n) is 2.58. The number of nitrogen functional groups attached to an aromatic ring is 1. The van der Waals surface area contributed by atoms with Crippen molar-refractivity contribution in [3.63, 3.8) is 0 Å². The Bertz CT molecular complexity index is 342. The summed E-state index contributed by atoms with van der Waals surface area (Å²) in [4.78, 5) is 3.00. The van der Waals surface area contributed by atoms with Crippen molar-refractivity contribution in [1.82, 2.24) is 4.98 Å². The zero-order valence-corrected chi connectivity index (χ0v) is 6.78. The molecule has 4 nitrogen and oxygen atoms in total. The van der Waals surface area contributed by atoms with Crippen LogP contribution in [0.1, 0.15) is 5.69 Å². The van der Waals surface area contributed by atoms with Gasteiger partial charge in [-0.15, -0.1) is 0 Å². The molecule has 0 aliphatic carbocycles. The minimum atomic E-state index is -4.65. The number of rotatable bonds is 1. The summed E-state index contributed by atoms with van der Waals surface area (Å²) in [7, 11) is -2.07. The molecule has 0 spiro atoms. The molecule has 0 saturated carbocycles. The first-order valence-electron chi connectivity index (χ1n) is 3.51. The van der Waals surface area contributed by atoms with Crippen LogP contribution in [0.2, 0.25) is 0 Å². The lowest BCUT2D eigenvalue weighted by atomic mass is 9.85. The highest BCUT2D eigenvalue weighted by atomic mass is 19.4. The van der Waals surface area contributed by atoms with Crippen molar-refractivity contribution < 1.29 is 23.2 Å². The summed E-state index contributed by atoms with van der Waals surface area (Å²) in [6.45, 7) is 0. The van der Waals surface area contributed by atoms with Gasteiger partial charge in [0.2, 0.25) is 0 Å². The van der Waals surface area contributed by atoms with Gasteiger partial charge in [0.05, 0.1) is 5.59 Å². The van der Waals surface area contributed by atoms with Gasteiger partial charge < -0.3 is 15.8 Å². The van der Waals surface area contributed by atoms with Crippen LogP contribution in [0, 0.1) is 0 Å². The number of alkyl halides is 3. The van der Waals surface area contributed by atoms with E-state index < -0.39 is 24.6 Å². The molecule has 14 heavy (non-hydrogen) atoms. The SMILES string of the molecule is Nc1cc(B(O)O)nc(C(F)(F)F)c1. The third-order valence-electron chi connectivity index (χ3n) is 1.42. The number of nitrogens with two attached hydrogens (primary N) is 1. The molecule has 0 aliphatic rings. The van der Waals surface area contributed by atoms with E-state index in [0.717, 1.165) is 6.07 Å². The summed E-state index contributed by atoms with van der Waals surface area (Å²) in [5, 5.41) is 17.2. The van der Waals surface area contributed by atoms with Crippen molar-refractivity contribution in [3.8, 4) is 0 Å². The zero-order chi connectivity index (χ0) is 10.9. The Morgan fingerprint density at radius 1 is 1.29 bits per heavy atom. The summed E-state index contributed by atoms with van der Waals surface area (Å²) in [6, 6.07) is 1.58. The van der Waals surface area contributed by atoms with Gasteiger partial charge in [0, 0.05) is 5.69 Å². The van der Waals surface area contributed by atoms with Crippen molar-refractivity contribution in [2.45, 2.75) is 6.18 Å². The zero-order valence-electron chi connectivity index (χ0n) is 6.78. The van der Waals surface area contributed by atoms with Crippen molar-refractivity contribution in [3.05, 3.63) is 17.8 Å². The monoisotopic (exact) mass is 206 g/mol. The number of hydrogen-bond donors (Lipinski definition) is 3. The molecule has 1 heterocycles. The van der Waals surface area contributed by atoms with Crippen LogP contribution in [0.15, 0.2) is 12.1 Å². The van der Waals surface area contributed by atoms with Crippen LogP contribution in [-0.2, 0) is 6.18 Å². The average molecular weight is 206 g/mol. The lowest BCUT2D eigenvalue weighted by Gasteiger charge is -2.08.